The Morgan fingerprint density at radius 2 is 1.57 bits per heavy atom. The number of rotatable bonds is 3. The van der Waals surface area contributed by atoms with E-state index in [2.05, 4.69) is 40.0 Å². The van der Waals surface area contributed by atoms with Crippen molar-refractivity contribution in [2.24, 2.45) is 11.7 Å². The highest BCUT2D eigenvalue weighted by atomic mass is 16.5. The van der Waals surface area contributed by atoms with Crippen molar-refractivity contribution in [2.45, 2.75) is 89.9 Å². The van der Waals surface area contributed by atoms with Gasteiger partial charge >= 0.3 is 12.0 Å². The SMILES string of the molecule is CC1CC2C(=O)OCCC(=O)N3CCCC3C(=O)N3CCCCC3C(=O)NC(C)C(=O)N2C1.Cc1ccccc1.NC(=O)CNC(=O)Nc1ccccn1. The molecule has 0 saturated carbocycles. The number of carbonyl (C=O) groups excluding carboxylic acids is 7. The molecule has 4 saturated heterocycles. The number of hydrogen-bond acceptors (Lipinski definition) is 9. The lowest BCUT2D eigenvalue weighted by Gasteiger charge is -2.38. The number of ether oxygens (including phenoxy) is 1. The molecular formula is C38H52N8O8. The zero-order valence-electron chi connectivity index (χ0n) is 31.2. The number of benzene rings is 1. The monoisotopic (exact) mass is 748 g/mol. The van der Waals surface area contributed by atoms with Crippen LogP contribution >= 0.6 is 0 Å². The Labute approximate surface area is 315 Å². The number of esters is 1. The van der Waals surface area contributed by atoms with E-state index in [9.17, 15) is 33.6 Å². The van der Waals surface area contributed by atoms with Gasteiger partial charge in [-0.15, -0.1) is 0 Å². The number of nitrogens with zero attached hydrogens (tertiary/aromatic N) is 4. The molecule has 16 nitrogen and oxygen atoms in total. The molecule has 5 heterocycles. The van der Waals surface area contributed by atoms with Crippen molar-refractivity contribution >= 4 is 47.4 Å². The molecule has 0 aliphatic carbocycles. The zero-order valence-corrected chi connectivity index (χ0v) is 31.2. The normalized spacial score (nSPS) is 24.6. The number of aromatic nitrogens is 1. The summed E-state index contributed by atoms with van der Waals surface area (Å²) in [7, 11) is 0. The van der Waals surface area contributed by atoms with Crippen LogP contribution in [0.3, 0.4) is 0 Å². The summed E-state index contributed by atoms with van der Waals surface area (Å²) in [6, 6.07) is 12.0. The van der Waals surface area contributed by atoms with Crippen LogP contribution in [0, 0.1) is 12.8 Å². The molecule has 0 bridgehead atoms. The van der Waals surface area contributed by atoms with Crippen LogP contribution in [0.5, 0.6) is 0 Å². The fourth-order valence-electron chi connectivity index (χ4n) is 6.89. The fraction of sp³-hybridized carbons (Fsp3) is 0.526. The lowest BCUT2D eigenvalue weighted by atomic mass is 9.99. The van der Waals surface area contributed by atoms with E-state index in [1.54, 1.807) is 41.1 Å². The van der Waals surface area contributed by atoms with Gasteiger partial charge in [-0.25, -0.2) is 14.6 Å². The molecule has 6 rings (SSSR count). The van der Waals surface area contributed by atoms with Gasteiger partial charge < -0.3 is 35.8 Å². The highest BCUT2D eigenvalue weighted by molar-refractivity contribution is 5.96. The Hall–Kier alpha value is -5.54. The maximum absolute atomic E-state index is 13.4. The average Bonchev–Trinajstić information content (AvgIpc) is 3.82. The standard InChI is InChI=1S/C23H34N4O6.C8H10N4O2.C7H8/c1-14-12-18-23(32)33-11-8-19(28)25-10-5-7-17(25)22(31)26-9-4-3-6-16(26)20(29)24-15(2)21(30)27(18)13-14;9-6(13)5-11-8(14)12-7-3-1-2-4-10-7;1-7-5-3-2-4-6-7/h14-18H,3-13H2,1-2H3,(H,24,29);1-4H,5H2,(H2,9,13)(H2,10,11,12,14);2-6H,1H3. The van der Waals surface area contributed by atoms with E-state index in [1.807, 2.05) is 25.1 Å². The maximum Gasteiger partial charge on any atom is 0.328 e. The van der Waals surface area contributed by atoms with Crippen molar-refractivity contribution in [1.29, 1.82) is 0 Å². The minimum Gasteiger partial charge on any atom is -0.464 e. The largest absolute Gasteiger partial charge is 0.464 e. The number of hydrogen-bond donors (Lipinski definition) is 4. The molecule has 4 aliphatic heterocycles. The first-order valence-electron chi connectivity index (χ1n) is 18.5. The first-order valence-corrected chi connectivity index (χ1v) is 18.5. The summed E-state index contributed by atoms with van der Waals surface area (Å²) in [5.74, 6) is -1.74. The lowest BCUT2D eigenvalue weighted by molar-refractivity contribution is -0.156. The number of piperidine rings is 1. The van der Waals surface area contributed by atoms with Crippen molar-refractivity contribution in [1.82, 2.24) is 30.3 Å². The number of cyclic esters (lactones) is 1. The second kappa shape index (κ2) is 20.1. The molecule has 0 spiro atoms. The Balaban J connectivity index is 0.000000252. The van der Waals surface area contributed by atoms with Gasteiger partial charge in [-0.2, -0.15) is 0 Å². The first-order chi connectivity index (χ1) is 25.8. The highest BCUT2D eigenvalue weighted by Gasteiger charge is 2.44. The average molecular weight is 749 g/mol. The number of aryl methyl sites for hydroxylation is 1. The summed E-state index contributed by atoms with van der Waals surface area (Å²) < 4.78 is 5.38. The molecule has 292 valence electrons. The van der Waals surface area contributed by atoms with Crippen LogP contribution in [-0.4, -0.2) is 118 Å². The fourth-order valence-corrected chi connectivity index (χ4v) is 6.89. The summed E-state index contributed by atoms with van der Waals surface area (Å²) in [4.78, 5) is 95.2. The van der Waals surface area contributed by atoms with E-state index in [1.165, 1.54) is 10.5 Å². The smallest absolute Gasteiger partial charge is 0.328 e. The molecule has 2 aromatic rings. The molecule has 5 atom stereocenters. The van der Waals surface area contributed by atoms with Crippen molar-refractivity contribution in [2.75, 3.05) is 38.1 Å². The second-order valence-corrected chi connectivity index (χ2v) is 13.9. The van der Waals surface area contributed by atoms with Gasteiger partial charge in [-0.05, 0) is 70.4 Å². The summed E-state index contributed by atoms with van der Waals surface area (Å²) in [6.45, 7) is 6.72. The van der Waals surface area contributed by atoms with Gasteiger partial charge in [-0.3, -0.25) is 29.3 Å². The Morgan fingerprint density at radius 1 is 0.870 bits per heavy atom. The van der Waals surface area contributed by atoms with Crippen molar-refractivity contribution in [3.8, 4) is 0 Å². The van der Waals surface area contributed by atoms with Crippen LogP contribution in [0.2, 0.25) is 0 Å². The van der Waals surface area contributed by atoms with Gasteiger partial charge in [0.2, 0.25) is 29.5 Å². The highest BCUT2D eigenvalue weighted by Crippen LogP contribution is 2.27. The number of pyridine rings is 1. The summed E-state index contributed by atoms with van der Waals surface area (Å²) >= 11 is 0. The third kappa shape index (κ3) is 11.7. The van der Waals surface area contributed by atoms with Crippen LogP contribution < -0.4 is 21.7 Å². The first kappa shape index (κ1) is 41.2. The Kier molecular flexibility index (Phi) is 15.3. The quantitative estimate of drug-likeness (QED) is 0.336. The lowest BCUT2D eigenvalue weighted by Crippen LogP contribution is -2.59. The number of nitrogens with two attached hydrogens (primary N) is 1. The molecule has 5 unspecified atom stereocenters. The van der Waals surface area contributed by atoms with Crippen LogP contribution in [0.1, 0.15) is 64.4 Å². The Bertz CT molecular complexity index is 1630. The van der Waals surface area contributed by atoms with Gasteiger partial charge in [0.05, 0.1) is 13.0 Å². The van der Waals surface area contributed by atoms with E-state index in [4.69, 9.17) is 10.5 Å². The molecule has 1 aromatic carbocycles. The van der Waals surface area contributed by atoms with E-state index in [-0.39, 0.29) is 49.1 Å². The number of nitrogens with one attached hydrogen (secondary N) is 3. The second-order valence-electron chi connectivity index (χ2n) is 13.9. The number of carbonyl (C=O) groups is 7. The molecule has 7 amide bonds. The number of primary amides is 1. The van der Waals surface area contributed by atoms with Crippen LogP contribution in [0.4, 0.5) is 10.6 Å². The van der Waals surface area contributed by atoms with Gasteiger partial charge in [0, 0.05) is 25.8 Å². The third-order valence-electron chi connectivity index (χ3n) is 9.57. The topological polar surface area (TPSA) is 213 Å². The predicted molar refractivity (Wildman–Crippen MR) is 198 cm³/mol. The van der Waals surface area contributed by atoms with Crippen molar-refractivity contribution < 1.29 is 38.3 Å². The van der Waals surface area contributed by atoms with Crippen LogP contribution in [0.15, 0.2) is 54.7 Å². The summed E-state index contributed by atoms with van der Waals surface area (Å²) in [5, 5.41) is 7.48. The molecular weight excluding hydrogens is 696 g/mol. The minimum atomic E-state index is -0.825. The molecule has 4 fully saturated rings. The molecule has 4 aliphatic rings. The minimum absolute atomic E-state index is 0.00788. The number of fused-ring (bicyclic) bond motifs is 3. The summed E-state index contributed by atoms with van der Waals surface area (Å²) in [5.41, 5.74) is 6.16. The van der Waals surface area contributed by atoms with E-state index < -0.39 is 42.1 Å². The van der Waals surface area contributed by atoms with Gasteiger partial charge in [-0.1, -0.05) is 48.9 Å². The van der Waals surface area contributed by atoms with Crippen LogP contribution in [-0.2, 0) is 33.5 Å². The molecule has 16 heteroatoms. The number of amides is 7. The number of urea groups is 1. The summed E-state index contributed by atoms with van der Waals surface area (Å²) in [6.07, 6.45) is 5.43. The number of anilines is 1. The van der Waals surface area contributed by atoms with Crippen LogP contribution in [0.25, 0.3) is 0 Å². The third-order valence-corrected chi connectivity index (χ3v) is 9.57. The van der Waals surface area contributed by atoms with Crippen molar-refractivity contribution in [3.05, 3.63) is 60.3 Å². The maximum atomic E-state index is 13.4. The van der Waals surface area contributed by atoms with Crippen molar-refractivity contribution in [3.63, 3.8) is 0 Å². The van der Waals surface area contributed by atoms with E-state index in [0.29, 0.717) is 51.1 Å². The van der Waals surface area contributed by atoms with Gasteiger partial charge in [0.15, 0.2) is 0 Å². The molecule has 54 heavy (non-hydrogen) atoms. The molecule has 1 aromatic heterocycles. The molecule has 0 radical (unpaired) electrons. The Morgan fingerprint density at radius 3 is 2.24 bits per heavy atom. The van der Waals surface area contributed by atoms with E-state index >= 15 is 0 Å². The van der Waals surface area contributed by atoms with Gasteiger partial charge in [0.25, 0.3) is 0 Å². The van der Waals surface area contributed by atoms with Gasteiger partial charge in [0.1, 0.15) is 36.6 Å². The zero-order chi connectivity index (χ0) is 39.2. The van der Waals surface area contributed by atoms with E-state index in [0.717, 1.165) is 12.8 Å². The predicted octanol–water partition coefficient (Wildman–Crippen LogP) is 1.73. The molecule has 5 N–H and O–H groups in total.